The molecule has 0 aromatic heterocycles. The van der Waals surface area contributed by atoms with Gasteiger partial charge in [0.05, 0.1) is 0 Å². The predicted octanol–water partition coefficient (Wildman–Crippen LogP) is 1.41. The van der Waals surface area contributed by atoms with Gasteiger partial charge in [0, 0.05) is 37.4 Å². The van der Waals surface area contributed by atoms with E-state index in [1.165, 1.54) is 5.69 Å². The molecule has 1 aliphatic heterocycles. The van der Waals surface area contributed by atoms with Crippen LogP contribution in [0, 0.1) is 0 Å². The Labute approximate surface area is 108 Å². The number of nitrogens with two attached hydrogens (primary N) is 1. The summed E-state index contributed by atoms with van der Waals surface area (Å²) >= 11 is 0. The van der Waals surface area contributed by atoms with Crippen LogP contribution in [-0.2, 0) is 4.79 Å². The molecule has 1 atom stereocenters. The molecule has 17 heavy (non-hydrogen) atoms. The third kappa shape index (κ3) is 3.53. The smallest absolute Gasteiger partial charge is 0.217 e. The second-order valence-corrected chi connectivity index (χ2v) is 4.22. The number of carbonyl (C=O) groups is 1. The zero-order valence-corrected chi connectivity index (χ0v) is 10.7. The lowest BCUT2D eigenvalue weighted by atomic mass is 10.2. The highest BCUT2D eigenvalue weighted by Gasteiger charge is 2.22. The molecule has 0 bridgehead atoms. The molecule has 1 amide bonds. The summed E-state index contributed by atoms with van der Waals surface area (Å²) in [5.41, 5.74) is 7.59. The number of hydrogen-bond donors (Lipinski definition) is 2. The van der Waals surface area contributed by atoms with Crippen molar-refractivity contribution in [1.29, 1.82) is 0 Å². The molecule has 0 saturated carbocycles. The van der Waals surface area contributed by atoms with Gasteiger partial charge in [-0.25, -0.2) is 0 Å². The minimum Gasteiger partial charge on any atom is -0.399 e. The molecule has 1 aromatic carbocycles. The second-order valence-electron chi connectivity index (χ2n) is 4.22. The Morgan fingerprint density at radius 3 is 2.65 bits per heavy atom. The standard InChI is InChI=1S/C12H17N3O.ClH/c1-9(16)14-11-6-7-15(8-11)12-4-2-10(13)3-5-12;/h2-5,11H,6-8,13H2,1H3,(H,14,16);1H. The van der Waals surface area contributed by atoms with Crippen molar-refractivity contribution in [3.8, 4) is 0 Å². The van der Waals surface area contributed by atoms with Crippen LogP contribution in [0.15, 0.2) is 24.3 Å². The number of nitrogens with zero attached hydrogens (tertiary/aromatic N) is 1. The van der Waals surface area contributed by atoms with E-state index in [1.807, 2.05) is 24.3 Å². The summed E-state index contributed by atoms with van der Waals surface area (Å²) in [6.45, 7) is 3.42. The van der Waals surface area contributed by atoms with Crippen molar-refractivity contribution in [2.45, 2.75) is 19.4 Å². The first-order valence-corrected chi connectivity index (χ1v) is 5.53. The van der Waals surface area contributed by atoms with E-state index in [-0.39, 0.29) is 24.4 Å². The summed E-state index contributed by atoms with van der Waals surface area (Å²) in [5.74, 6) is 0.0455. The zero-order chi connectivity index (χ0) is 11.5. The monoisotopic (exact) mass is 255 g/mol. The number of nitrogens with one attached hydrogen (secondary N) is 1. The van der Waals surface area contributed by atoms with E-state index in [1.54, 1.807) is 6.92 Å². The number of carbonyl (C=O) groups excluding carboxylic acids is 1. The maximum atomic E-state index is 10.9. The number of anilines is 2. The van der Waals surface area contributed by atoms with Gasteiger partial charge in [-0.2, -0.15) is 0 Å². The fourth-order valence-corrected chi connectivity index (χ4v) is 2.09. The minimum atomic E-state index is 0. The van der Waals surface area contributed by atoms with Crippen LogP contribution >= 0.6 is 12.4 Å². The van der Waals surface area contributed by atoms with E-state index in [0.717, 1.165) is 25.2 Å². The SMILES string of the molecule is CC(=O)NC1CCN(c2ccc(N)cc2)C1.Cl. The lowest BCUT2D eigenvalue weighted by Gasteiger charge is -2.18. The van der Waals surface area contributed by atoms with Gasteiger partial charge >= 0.3 is 0 Å². The van der Waals surface area contributed by atoms with Crippen LogP contribution in [0.3, 0.4) is 0 Å². The van der Waals surface area contributed by atoms with Gasteiger partial charge in [0.2, 0.25) is 5.91 Å². The van der Waals surface area contributed by atoms with Crippen LogP contribution in [0.5, 0.6) is 0 Å². The van der Waals surface area contributed by atoms with Crippen molar-refractivity contribution < 1.29 is 4.79 Å². The van der Waals surface area contributed by atoms with Crippen LogP contribution in [0.25, 0.3) is 0 Å². The second kappa shape index (κ2) is 5.77. The van der Waals surface area contributed by atoms with Gasteiger partial charge in [-0.1, -0.05) is 0 Å². The molecule has 0 aliphatic carbocycles. The summed E-state index contributed by atoms with van der Waals surface area (Å²) in [7, 11) is 0. The molecule has 1 aromatic rings. The molecule has 1 fully saturated rings. The Bertz CT molecular complexity index is 380. The van der Waals surface area contributed by atoms with E-state index in [4.69, 9.17) is 5.73 Å². The summed E-state index contributed by atoms with van der Waals surface area (Å²) in [4.78, 5) is 13.2. The van der Waals surface area contributed by atoms with Crippen molar-refractivity contribution in [3.05, 3.63) is 24.3 Å². The molecule has 4 nitrogen and oxygen atoms in total. The van der Waals surface area contributed by atoms with E-state index < -0.39 is 0 Å². The van der Waals surface area contributed by atoms with Crippen molar-refractivity contribution in [2.24, 2.45) is 0 Å². The predicted molar refractivity (Wildman–Crippen MR) is 72.5 cm³/mol. The highest BCUT2D eigenvalue weighted by Crippen LogP contribution is 2.21. The van der Waals surface area contributed by atoms with Gasteiger partial charge in [-0.3, -0.25) is 4.79 Å². The molecule has 3 N–H and O–H groups in total. The molecular weight excluding hydrogens is 238 g/mol. The highest BCUT2D eigenvalue weighted by molar-refractivity contribution is 5.85. The van der Waals surface area contributed by atoms with Crippen molar-refractivity contribution in [2.75, 3.05) is 23.7 Å². The van der Waals surface area contributed by atoms with E-state index in [0.29, 0.717) is 0 Å². The minimum absolute atomic E-state index is 0. The summed E-state index contributed by atoms with van der Waals surface area (Å²) < 4.78 is 0. The summed E-state index contributed by atoms with van der Waals surface area (Å²) in [6.07, 6.45) is 1.00. The Morgan fingerprint density at radius 2 is 2.06 bits per heavy atom. The number of hydrogen-bond acceptors (Lipinski definition) is 3. The third-order valence-corrected chi connectivity index (χ3v) is 2.85. The normalized spacial score (nSPS) is 18.6. The Kier molecular flexibility index (Phi) is 4.63. The molecule has 1 aliphatic rings. The van der Waals surface area contributed by atoms with Gasteiger partial charge < -0.3 is 16.0 Å². The third-order valence-electron chi connectivity index (χ3n) is 2.85. The van der Waals surface area contributed by atoms with E-state index in [9.17, 15) is 4.79 Å². The number of halogens is 1. The molecular formula is C12H18ClN3O. The van der Waals surface area contributed by atoms with Crippen molar-refractivity contribution in [1.82, 2.24) is 5.32 Å². The number of rotatable bonds is 2. The first kappa shape index (κ1) is 13.6. The molecule has 5 heteroatoms. The Hall–Kier alpha value is -1.42. The molecule has 1 saturated heterocycles. The number of amides is 1. The van der Waals surface area contributed by atoms with Crippen LogP contribution in [0.2, 0.25) is 0 Å². The van der Waals surface area contributed by atoms with Gasteiger partial charge in [0.25, 0.3) is 0 Å². The topological polar surface area (TPSA) is 58.4 Å². The number of nitrogen functional groups attached to an aromatic ring is 1. The quantitative estimate of drug-likeness (QED) is 0.786. The van der Waals surface area contributed by atoms with Gasteiger partial charge in [0.1, 0.15) is 0 Å². The Balaban J connectivity index is 0.00000144. The molecule has 1 unspecified atom stereocenters. The van der Waals surface area contributed by atoms with Crippen LogP contribution in [0.4, 0.5) is 11.4 Å². The molecule has 0 spiro atoms. The van der Waals surface area contributed by atoms with Gasteiger partial charge in [-0.15, -0.1) is 12.4 Å². The number of benzene rings is 1. The maximum Gasteiger partial charge on any atom is 0.217 e. The van der Waals surface area contributed by atoms with E-state index >= 15 is 0 Å². The first-order valence-electron chi connectivity index (χ1n) is 5.53. The average molecular weight is 256 g/mol. The van der Waals surface area contributed by atoms with Crippen molar-refractivity contribution >= 4 is 29.7 Å². The van der Waals surface area contributed by atoms with Crippen LogP contribution in [0.1, 0.15) is 13.3 Å². The maximum absolute atomic E-state index is 10.9. The lowest BCUT2D eigenvalue weighted by Crippen LogP contribution is -2.35. The van der Waals surface area contributed by atoms with Crippen LogP contribution < -0.4 is 16.0 Å². The molecule has 1 heterocycles. The van der Waals surface area contributed by atoms with Crippen LogP contribution in [-0.4, -0.2) is 25.0 Å². The van der Waals surface area contributed by atoms with E-state index in [2.05, 4.69) is 10.2 Å². The molecule has 0 radical (unpaired) electrons. The average Bonchev–Trinajstić information content (AvgIpc) is 2.66. The van der Waals surface area contributed by atoms with Crippen molar-refractivity contribution in [3.63, 3.8) is 0 Å². The largest absolute Gasteiger partial charge is 0.399 e. The zero-order valence-electron chi connectivity index (χ0n) is 9.85. The summed E-state index contributed by atoms with van der Waals surface area (Å²) in [5, 5.41) is 2.95. The Morgan fingerprint density at radius 1 is 1.41 bits per heavy atom. The lowest BCUT2D eigenvalue weighted by molar-refractivity contribution is -0.119. The summed E-state index contributed by atoms with van der Waals surface area (Å²) in [6, 6.07) is 8.12. The first-order chi connectivity index (χ1) is 7.65. The molecule has 94 valence electrons. The highest BCUT2D eigenvalue weighted by atomic mass is 35.5. The van der Waals surface area contributed by atoms with Gasteiger partial charge in [0.15, 0.2) is 0 Å². The fourth-order valence-electron chi connectivity index (χ4n) is 2.09. The molecule has 2 rings (SSSR count). The van der Waals surface area contributed by atoms with Gasteiger partial charge in [-0.05, 0) is 30.7 Å². The fraction of sp³-hybridized carbons (Fsp3) is 0.417.